The third kappa shape index (κ3) is 5.87. The van der Waals surface area contributed by atoms with Gasteiger partial charge in [-0.25, -0.2) is 4.68 Å². The summed E-state index contributed by atoms with van der Waals surface area (Å²) in [6.45, 7) is 7.20. The van der Waals surface area contributed by atoms with Crippen LogP contribution in [0.1, 0.15) is 42.4 Å². The van der Waals surface area contributed by atoms with Gasteiger partial charge in [-0.05, 0) is 73.0 Å². The molecule has 0 fully saturated rings. The lowest BCUT2D eigenvalue weighted by Gasteiger charge is -2.08. The molecule has 2 aromatic heterocycles. The number of carbonyl (C=O) groups is 1. The van der Waals surface area contributed by atoms with Gasteiger partial charge in [0.25, 0.3) is 5.91 Å². The summed E-state index contributed by atoms with van der Waals surface area (Å²) in [4.78, 5) is 13.1. The lowest BCUT2D eigenvalue weighted by molar-refractivity contribution is 0.0942. The molecule has 1 atom stereocenters. The molecule has 3 aromatic carbocycles. The Kier molecular flexibility index (Phi) is 7.29. The largest absolute Gasteiger partial charge is 0.493 e. The summed E-state index contributed by atoms with van der Waals surface area (Å²) in [5, 5.41) is 11.9. The molecule has 0 saturated carbocycles. The molecule has 1 N–H and O–H groups in total. The standard InChI is InChI=1S/C33H32N4O4/c1-21(2)20-39-28-12-9-23(10-13-28)31-17-29(36-41-31)33(38)34-18-26-19-37(27-7-5-4-6-8-27)35-32(26)24-11-14-30-25(16-24)15-22(3)40-30/h4-14,16-17,19,21-22H,15,18,20H2,1-3H3,(H,34,38). The normalized spacial score (nSPS) is 14.1. The van der Waals surface area contributed by atoms with Crippen LogP contribution in [0.5, 0.6) is 11.5 Å². The van der Waals surface area contributed by atoms with Crippen LogP contribution >= 0.6 is 0 Å². The Balaban J connectivity index is 1.20. The molecule has 0 radical (unpaired) electrons. The maximum atomic E-state index is 13.1. The van der Waals surface area contributed by atoms with E-state index in [4.69, 9.17) is 19.1 Å². The number of hydrogen-bond acceptors (Lipinski definition) is 6. The fourth-order valence-corrected chi connectivity index (χ4v) is 4.83. The molecular weight excluding hydrogens is 516 g/mol. The van der Waals surface area contributed by atoms with Gasteiger partial charge in [0.15, 0.2) is 11.5 Å². The van der Waals surface area contributed by atoms with Crippen molar-refractivity contribution in [1.29, 1.82) is 0 Å². The molecule has 6 rings (SSSR count). The van der Waals surface area contributed by atoms with Gasteiger partial charge in [0.05, 0.1) is 18.0 Å². The van der Waals surface area contributed by atoms with E-state index in [0.29, 0.717) is 18.3 Å². The van der Waals surface area contributed by atoms with Crippen molar-refractivity contribution < 1.29 is 18.8 Å². The number of nitrogens with zero attached hydrogens (tertiary/aromatic N) is 3. The summed E-state index contributed by atoms with van der Waals surface area (Å²) in [5.74, 6) is 2.33. The van der Waals surface area contributed by atoms with Crippen LogP contribution in [0, 0.1) is 5.92 Å². The summed E-state index contributed by atoms with van der Waals surface area (Å²) in [5.41, 5.74) is 5.78. The first-order valence-electron chi connectivity index (χ1n) is 13.8. The first-order valence-corrected chi connectivity index (χ1v) is 13.8. The van der Waals surface area contributed by atoms with Crippen molar-refractivity contribution in [2.75, 3.05) is 6.61 Å². The molecule has 41 heavy (non-hydrogen) atoms. The monoisotopic (exact) mass is 548 g/mol. The minimum absolute atomic E-state index is 0.157. The highest BCUT2D eigenvalue weighted by atomic mass is 16.5. The van der Waals surface area contributed by atoms with E-state index in [1.54, 1.807) is 6.07 Å². The van der Waals surface area contributed by atoms with Gasteiger partial charge in [0.2, 0.25) is 0 Å². The zero-order chi connectivity index (χ0) is 28.3. The Labute approximate surface area is 238 Å². The third-order valence-electron chi connectivity index (χ3n) is 6.88. The zero-order valence-electron chi connectivity index (χ0n) is 23.3. The lowest BCUT2D eigenvalue weighted by atomic mass is 10.0. The third-order valence-corrected chi connectivity index (χ3v) is 6.88. The van der Waals surface area contributed by atoms with Crippen LogP contribution in [0.3, 0.4) is 0 Å². The number of para-hydroxylation sites is 1. The molecule has 0 aliphatic carbocycles. The number of hydrogen-bond donors (Lipinski definition) is 1. The van der Waals surface area contributed by atoms with Crippen LogP contribution in [0.2, 0.25) is 0 Å². The number of ether oxygens (including phenoxy) is 2. The summed E-state index contributed by atoms with van der Waals surface area (Å²) in [6, 6.07) is 25.3. The molecule has 1 unspecified atom stereocenters. The Hall–Kier alpha value is -4.85. The van der Waals surface area contributed by atoms with E-state index in [0.717, 1.165) is 51.6 Å². The van der Waals surface area contributed by atoms with Gasteiger partial charge in [-0.15, -0.1) is 0 Å². The highest BCUT2D eigenvalue weighted by molar-refractivity contribution is 5.93. The van der Waals surface area contributed by atoms with Gasteiger partial charge >= 0.3 is 0 Å². The number of fused-ring (bicyclic) bond motifs is 1. The molecule has 8 heteroatoms. The minimum Gasteiger partial charge on any atom is -0.493 e. The maximum absolute atomic E-state index is 13.1. The highest BCUT2D eigenvalue weighted by Gasteiger charge is 2.22. The summed E-state index contributed by atoms with van der Waals surface area (Å²) < 4.78 is 19.0. The van der Waals surface area contributed by atoms with Crippen LogP contribution in [0.15, 0.2) is 89.6 Å². The first-order chi connectivity index (χ1) is 19.9. The zero-order valence-corrected chi connectivity index (χ0v) is 23.3. The fraction of sp³-hybridized carbons (Fsp3) is 0.242. The van der Waals surface area contributed by atoms with Crippen molar-refractivity contribution in [2.24, 2.45) is 5.92 Å². The average Bonchev–Trinajstić information content (AvgIpc) is 3.73. The van der Waals surface area contributed by atoms with Crippen LogP contribution in [0.25, 0.3) is 28.3 Å². The van der Waals surface area contributed by atoms with Crippen molar-refractivity contribution in [3.63, 3.8) is 0 Å². The van der Waals surface area contributed by atoms with Crippen molar-refractivity contribution >= 4 is 5.91 Å². The molecule has 0 spiro atoms. The first kappa shape index (κ1) is 26.4. The second-order valence-corrected chi connectivity index (χ2v) is 10.7. The van der Waals surface area contributed by atoms with E-state index in [9.17, 15) is 4.79 Å². The molecule has 1 aliphatic rings. The molecule has 1 aliphatic heterocycles. The smallest absolute Gasteiger partial charge is 0.273 e. The van der Waals surface area contributed by atoms with Gasteiger partial charge in [-0.2, -0.15) is 5.10 Å². The number of carbonyl (C=O) groups excluding carboxylic acids is 1. The fourth-order valence-electron chi connectivity index (χ4n) is 4.83. The maximum Gasteiger partial charge on any atom is 0.273 e. The summed E-state index contributed by atoms with van der Waals surface area (Å²) in [7, 11) is 0. The molecule has 0 bridgehead atoms. The SMILES string of the molecule is CC(C)COc1ccc(-c2cc(C(=O)NCc3cn(-c4ccccc4)nc3-c3ccc4c(c3)CC(C)O4)no2)cc1. The number of nitrogens with one attached hydrogen (secondary N) is 1. The molecular formula is C33H32N4O4. The molecule has 1 amide bonds. The van der Waals surface area contributed by atoms with Crippen molar-refractivity contribution in [3.05, 3.63) is 102 Å². The van der Waals surface area contributed by atoms with Gasteiger partial charge in [0.1, 0.15) is 17.6 Å². The van der Waals surface area contributed by atoms with E-state index in [2.05, 4.69) is 37.3 Å². The molecule has 0 saturated heterocycles. The van der Waals surface area contributed by atoms with Crippen LogP contribution < -0.4 is 14.8 Å². The second-order valence-electron chi connectivity index (χ2n) is 10.7. The highest BCUT2D eigenvalue weighted by Crippen LogP contribution is 2.34. The minimum atomic E-state index is -0.327. The molecule has 8 nitrogen and oxygen atoms in total. The lowest BCUT2D eigenvalue weighted by Crippen LogP contribution is -2.23. The summed E-state index contributed by atoms with van der Waals surface area (Å²) in [6.07, 6.45) is 2.97. The molecule has 5 aromatic rings. The number of amides is 1. The van der Waals surface area contributed by atoms with E-state index >= 15 is 0 Å². The van der Waals surface area contributed by atoms with Crippen molar-refractivity contribution in [2.45, 2.75) is 39.8 Å². The Morgan fingerprint density at radius 2 is 1.83 bits per heavy atom. The quantitative estimate of drug-likeness (QED) is 0.227. The number of rotatable bonds is 9. The van der Waals surface area contributed by atoms with Gasteiger partial charge < -0.3 is 19.3 Å². The van der Waals surface area contributed by atoms with Crippen molar-refractivity contribution in [1.82, 2.24) is 20.3 Å². The van der Waals surface area contributed by atoms with Crippen molar-refractivity contribution in [3.8, 4) is 39.8 Å². The second kappa shape index (κ2) is 11.3. The van der Waals surface area contributed by atoms with Gasteiger partial charge in [0, 0.05) is 41.9 Å². The predicted molar refractivity (Wildman–Crippen MR) is 156 cm³/mol. The Bertz CT molecular complexity index is 1650. The number of benzene rings is 3. The number of aromatic nitrogens is 3. The van der Waals surface area contributed by atoms with Gasteiger partial charge in [-0.1, -0.05) is 37.2 Å². The van der Waals surface area contributed by atoms with Gasteiger partial charge in [-0.3, -0.25) is 4.79 Å². The Morgan fingerprint density at radius 3 is 2.61 bits per heavy atom. The predicted octanol–water partition coefficient (Wildman–Crippen LogP) is 6.48. The van der Waals surface area contributed by atoms with Crippen LogP contribution in [0.4, 0.5) is 0 Å². The van der Waals surface area contributed by atoms with E-state index < -0.39 is 0 Å². The Morgan fingerprint density at radius 1 is 1.05 bits per heavy atom. The van der Waals surface area contributed by atoms with E-state index in [1.165, 1.54) is 0 Å². The van der Waals surface area contributed by atoms with Crippen LogP contribution in [-0.2, 0) is 13.0 Å². The molecule has 3 heterocycles. The topological polar surface area (TPSA) is 91.4 Å². The van der Waals surface area contributed by atoms with E-state index in [-0.39, 0.29) is 24.2 Å². The van der Waals surface area contributed by atoms with Crippen LogP contribution in [-0.4, -0.2) is 33.6 Å². The molecule has 208 valence electrons. The summed E-state index contributed by atoms with van der Waals surface area (Å²) >= 11 is 0. The average molecular weight is 549 g/mol. The van der Waals surface area contributed by atoms with E-state index in [1.807, 2.05) is 77.6 Å².